The summed E-state index contributed by atoms with van der Waals surface area (Å²) in [5.41, 5.74) is 0. The molecule has 0 N–H and O–H groups in total. The molecule has 0 aromatic heterocycles. The van der Waals surface area contributed by atoms with Crippen LogP contribution in [0, 0.1) is 0 Å². The molecule has 0 aliphatic heterocycles. The van der Waals surface area contributed by atoms with Gasteiger partial charge < -0.3 is 14.2 Å². The fourth-order valence-electron chi connectivity index (χ4n) is 7.95. The summed E-state index contributed by atoms with van der Waals surface area (Å²) in [6.07, 6.45) is 57.4. The number of hydrogen-bond donors (Lipinski definition) is 0. The molecule has 0 bridgehead atoms. The lowest BCUT2D eigenvalue weighted by Crippen LogP contribution is -2.30. The van der Waals surface area contributed by atoms with Crippen LogP contribution >= 0.6 is 0 Å². The topological polar surface area (TPSA) is 78.9 Å². The maximum Gasteiger partial charge on any atom is 0.306 e. The predicted molar refractivity (Wildman–Crippen MR) is 261 cm³/mol. The summed E-state index contributed by atoms with van der Waals surface area (Å²) in [6, 6.07) is 0. The Labute approximate surface area is 379 Å². The van der Waals surface area contributed by atoms with Crippen LogP contribution in [0.25, 0.3) is 0 Å². The highest BCUT2D eigenvalue weighted by Crippen LogP contribution is 2.17. The molecule has 0 saturated carbocycles. The normalized spacial score (nSPS) is 12.1. The third kappa shape index (κ3) is 48.8. The number of ether oxygens (including phenoxy) is 3. The second-order valence-electron chi connectivity index (χ2n) is 18.1. The Hall–Kier alpha value is -2.11. The van der Waals surface area contributed by atoms with Gasteiger partial charge in [-0.1, -0.05) is 251 Å². The maximum atomic E-state index is 12.8. The highest BCUT2D eigenvalue weighted by molar-refractivity contribution is 5.71. The summed E-state index contributed by atoms with van der Waals surface area (Å²) in [7, 11) is 0. The van der Waals surface area contributed by atoms with Crippen molar-refractivity contribution in [2.75, 3.05) is 13.2 Å². The molecular weight excluding hydrogens is 757 g/mol. The van der Waals surface area contributed by atoms with Gasteiger partial charge in [0.15, 0.2) is 6.10 Å². The smallest absolute Gasteiger partial charge is 0.306 e. The molecule has 0 saturated heterocycles. The van der Waals surface area contributed by atoms with Crippen LogP contribution in [-0.4, -0.2) is 37.2 Å². The van der Waals surface area contributed by atoms with E-state index in [4.69, 9.17) is 14.2 Å². The molecule has 0 fully saturated rings. The van der Waals surface area contributed by atoms with Gasteiger partial charge in [-0.05, 0) is 44.9 Å². The Kier molecular flexibility index (Phi) is 48.8. The SMILES string of the molecule is CC/C=C\C/C=C\CCCCCCCC(=O)OC(COC(=O)CCCCCCCCCCCCCC)COC(=O)CCCCCCCCCCCCCCCCCCCCC. The molecule has 0 spiro atoms. The largest absolute Gasteiger partial charge is 0.462 e. The summed E-state index contributed by atoms with van der Waals surface area (Å²) in [5, 5.41) is 0. The second kappa shape index (κ2) is 50.5. The molecule has 1 unspecified atom stereocenters. The molecule has 0 aromatic rings. The predicted octanol–water partition coefficient (Wildman–Crippen LogP) is 17.5. The molecule has 358 valence electrons. The van der Waals surface area contributed by atoms with E-state index in [1.165, 1.54) is 161 Å². The van der Waals surface area contributed by atoms with Crippen molar-refractivity contribution in [3.8, 4) is 0 Å². The van der Waals surface area contributed by atoms with E-state index in [1.807, 2.05) is 0 Å². The first-order valence-corrected chi connectivity index (χ1v) is 26.8. The van der Waals surface area contributed by atoms with E-state index >= 15 is 0 Å². The first kappa shape index (κ1) is 58.9. The monoisotopic (exact) mass is 859 g/mol. The minimum atomic E-state index is -0.772. The van der Waals surface area contributed by atoms with Gasteiger partial charge in [-0.3, -0.25) is 14.4 Å². The van der Waals surface area contributed by atoms with Gasteiger partial charge >= 0.3 is 17.9 Å². The average molecular weight is 859 g/mol. The first-order chi connectivity index (χ1) is 30.0. The van der Waals surface area contributed by atoms with Crippen molar-refractivity contribution in [1.29, 1.82) is 0 Å². The molecule has 6 heteroatoms. The average Bonchev–Trinajstić information content (AvgIpc) is 3.26. The molecule has 61 heavy (non-hydrogen) atoms. The summed E-state index contributed by atoms with van der Waals surface area (Å²) in [4.78, 5) is 37.9. The van der Waals surface area contributed by atoms with Gasteiger partial charge in [-0.2, -0.15) is 0 Å². The van der Waals surface area contributed by atoms with E-state index in [9.17, 15) is 14.4 Å². The molecule has 0 radical (unpaired) electrons. The van der Waals surface area contributed by atoms with Crippen LogP contribution in [0.2, 0.25) is 0 Å². The van der Waals surface area contributed by atoms with Gasteiger partial charge in [-0.15, -0.1) is 0 Å². The number of carbonyl (C=O) groups excluding carboxylic acids is 3. The van der Waals surface area contributed by atoms with Crippen LogP contribution in [0.4, 0.5) is 0 Å². The van der Waals surface area contributed by atoms with E-state index in [0.717, 1.165) is 89.9 Å². The number of allylic oxidation sites excluding steroid dienone is 4. The van der Waals surface area contributed by atoms with Crippen molar-refractivity contribution >= 4 is 17.9 Å². The van der Waals surface area contributed by atoms with Gasteiger partial charge in [0, 0.05) is 19.3 Å². The number of hydrogen-bond acceptors (Lipinski definition) is 6. The molecule has 6 nitrogen and oxygen atoms in total. The molecule has 0 aromatic carbocycles. The minimum absolute atomic E-state index is 0.0721. The van der Waals surface area contributed by atoms with Crippen LogP contribution in [0.1, 0.15) is 290 Å². The summed E-state index contributed by atoms with van der Waals surface area (Å²) in [6.45, 7) is 6.55. The molecule has 0 aliphatic rings. The summed E-state index contributed by atoms with van der Waals surface area (Å²) >= 11 is 0. The zero-order valence-corrected chi connectivity index (χ0v) is 40.9. The molecular formula is C55H102O6. The first-order valence-electron chi connectivity index (χ1n) is 26.8. The summed E-state index contributed by atoms with van der Waals surface area (Å²) < 4.78 is 16.8. The van der Waals surface area contributed by atoms with Crippen molar-refractivity contribution in [2.45, 2.75) is 297 Å². The highest BCUT2D eigenvalue weighted by Gasteiger charge is 2.19. The van der Waals surface area contributed by atoms with Crippen molar-refractivity contribution in [3.63, 3.8) is 0 Å². The van der Waals surface area contributed by atoms with Crippen LogP contribution in [0.3, 0.4) is 0 Å². The number of rotatable bonds is 49. The Morgan fingerprint density at radius 1 is 0.344 bits per heavy atom. The van der Waals surface area contributed by atoms with Crippen LogP contribution in [0.5, 0.6) is 0 Å². The quantitative estimate of drug-likeness (QED) is 0.0262. The Morgan fingerprint density at radius 3 is 0.984 bits per heavy atom. The van der Waals surface area contributed by atoms with E-state index in [1.54, 1.807) is 0 Å². The summed E-state index contributed by atoms with van der Waals surface area (Å²) in [5.74, 6) is -0.871. The Bertz CT molecular complexity index is 989. The number of esters is 3. The van der Waals surface area contributed by atoms with Crippen LogP contribution in [-0.2, 0) is 28.6 Å². The lowest BCUT2D eigenvalue weighted by Gasteiger charge is -2.18. The number of unbranched alkanes of at least 4 members (excludes halogenated alkanes) is 34. The van der Waals surface area contributed by atoms with Crippen molar-refractivity contribution in [3.05, 3.63) is 24.3 Å². The fourth-order valence-corrected chi connectivity index (χ4v) is 7.95. The molecule has 0 amide bonds. The van der Waals surface area contributed by atoms with Crippen LogP contribution in [0.15, 0.2) is 24.3 Å². The van der Waals surface area contributed by atoms with E-state index in [-0.39, 0.29) is 31.1 Å². The van der Waals surface area contributed by atoms with Crippen molar-refractivity contribution in [2.24, 2.45) is 0 Å². The Morgan fingerprint density at radius 2 is 0.639 bits per heavy atom. The van der Waals surface area contributed by atoms with Crippen molar-refractivity contribution in [1.82, 2.24) is 0 Å². The van der Waals surface area contributed by atoms with Crippen molar-refractivity contribution < 1.29 is 28.6 Å². The zero-order valence-electron chi connectivity index (χ0n) is 40.9. The van der Waals surface area contributed by atoms with E-state index < -0.39 is 6.10 Å². The maximum absolute atomic E-state index is 12.8. The molecule has 0 aliphatic carbocycles. The lowest BCUT2D eigenvalue weighted by atomic mass is 10.0. The third-order valence-corrected chi connectivity index (χ3v) is 12.0. The van der Waals surface area contributed by atoms with Gasteiger partial charge in [0.1, 0.15) is 13.2 Å². The number of carbonyl (C=O) groups is 3. The second-order valence-corrected chi connectivity index (χ2v) is 18.1. The highest BCUT2D eigenvalue weighted by atomic mass is 16.6. The van der Waals surface area contributed by atoms with Gasteiger partial charge in [0.05, 0.1) is 0 Å². The van der Waals surface area contributed by atoms with E-state index in [0.29, 0.717) is 19.3 Å². The molecule has 0 rings (SSSR count). The minimum Gasteiger partial charge on any atom is -0.462 e. The van der Waals surface area contributed by atoms with Gasteiger partial charge in [0.2, 0.25) is 0 Å². The Balaban J connectivity index is 4.27. The molecule has 1 atom stereocenters. The van der Waals surface area contributed by atoms with E-state index in [2.05, 4.69) is 45.1 Å². The lowest BCUT2D eigenvalue weighted by molar-refractivity contribution is -0.167. The zero-order chi connectivity index (χ0) is 44.4. The standard InChI is InChI=1S/C55H102O6/c1-4-7-10-13-16-19-22-25-26-27-28-29-30-31-34-36-39-42-45-48-54(57)60-51-52(61-55(58)49-46-43-40-37-33-24-21-18-15-12-9-6-3)50-59-53(56)47-44-41-38-35-32-23-20-17-14-11-8-5-2/h9,12,18,21,52H,4-8,10-11,13-17,19-20,22-51H2,1-3H3/b12-9-,21-18-. The molecule has 0 heterocycles. The third-order valence-electron chi connectivity index (χ3n) is 12.0. The van der Waals surface area contributed by atoms with Crippen LogP contribution < -0.4 is 0 Å². The van der Waals surface area contributed by atoms with Gasteiger partial charge in [-0.25, -0.2) is 0 Å². The van der Waals surface area contributed by atoms with Gasteiger partial charge in [0.25, 0.3) is 0 Å². The fraction of sp³-hybridized carbons (Fsp3) is 0.873.